The van der Waals surface area contributed by atoms with Crippen molar-refractivity contribution in [1.82, 2.24) is 4.98 Å². The minimum atomic E-state index is -4.55. The molecule has 1 aromatic heterocycles. The van der Waals surface area contributed by atoms with Gasteiger partial charge in [0.25, 0.3) is 0 Å². The van der Waals surface area contributed by atoms with Crippen LogP contribution in [0.25, 0.3) is 0 Å². The van der Waals surface area contributed by atoms with E-state index in [2.05, 4.69) is 10.3 Å². The SMILES string of the molecule is N#Cc1ccc(C(F)(F)F)nc1NCC1(CO)CCCC1. The molecule has 0 spiro atoms. The van der Waals surface area contributed by atoms with E-state index < -0.39 is 11.9 Å². The van der Waals surface area contributed by atoms with E-state index in [1.165, 1.54) is 0 Å². The molecule has 1 fully saturated rings. The fraction of sp³-hybridized carbons (Fsp3) is 0.571. The van der Waals surface area contributed by atoms with Crippen LogP contribution < -0.4 is 5.32 Å². The first kappa shape index (κ1) is 15.6. The van der Waals surface area contributed by atoms with Gasteiger partial charge in [0.1, 0.15) is 17.6 Å². The molecule has 4 nitrogen and oxygen atoms in total. The number of nitrogens with zero attached hydrogens (tertiary/aromatic N) is 2. The second kappa shape index (κ2) is 5.90. The number of nitrogens with one attached hydrogen (secondary N) is 1. The third-order valence-electron chi connectivity index (χ3n) is 3.94. The second-order valence-electron chi connectivity index (χ2n) is 5.42. The average molecular weight is 299 g/mol. The van der Waals surface area contributed by atoms with Gasteiger partial charge in [0.05, 0.1) is 12.2 Å². The number of rotatable bonds is 4. The Bertz CT molecular complexity index is 545. The van der Waals surface area contributed by atoms with E-state index in [1.54, 1.807) is 0 Å². The Labute approximate surface area is 120 Å². The van der Waals surface area contributed by atoms with Gasteiger partial charge >= 0.3 is 6.18 Å². The molecular formula is C14H16F3N3O. The lowest BCUT2D eigenvalue weighted by molar-refractivity contribution is -0.141. The van der Waals surface area contributed by atoms with Gasteiger partial charge in [-0.25, -0.2) is 4.98 Å². The molecule has 0 bridgehead atoms. The fourth-order valence-corrected chi connectivity index (χ4v) is 2.63. The fourth-order valence-electron chi connectivity index (χ4n) is 2.63. The molecule has 0 saturated heterocycles. The van der Waals surface area contributed by atoms with Crippen molar-refractivity contribution >= 4 is 5.82 Å². The van der Waals surface area contributed by atoms with Gasteiger partial charge in [-0.2, -0.15) is 18.4 Å². The van der Waals surface area contributed by atoms with Crippen LogP contribution >= 0.6 is 0 Å². The van der Waals surface area contributed by atoms with E-state index >= 15 is 0 Å². The first-order valence-corrected chi connectivity index (χ1v) is 6.73. The summed E-state index contributed by atoms with van der Waals surface area (Å²) in [5, 5.41) is 21.3. The average Bonchev–Trinajstić information content (AvgIpc) is 2.93. The van der Waals surface area contributed by atoms with Crippen molar-refractivity contribution in [3.8, 4) is 6.07 Å². The Hall–Kier alpha value is -1.81. The van der Waals surface area contributed by atoms with Crippen LogP contribution in [0.2, 0.25) is 0 Å². The number of hydrogen-bond acceptors (Lipinski definition) is 4. The number of pyridine rings is 1. The lowest BCUT2D eigenvalue weighted by Crippen LogP contribution is -2.31. The molecule has 114 valence electrons. The highest BCUT2D eigenvalue weighted by molar-refractivity contribution is 5.52. The van der Waals surface area contributed by atoms with Crippen LogP contribution in [-0.2, 0) is 6.18 Å². The van der Waals surface area contributed by atoms with E-state index in [9.17, 15) is 18.3 Å². The number of hydrogen-bond donors (Lipinski definition) is 2. The van der Waals surface area contributed by atoms with Crippen molar-refractivity contribution in [2.24, 2.45) is 5.41 Å². The molecule has 7 heteroatoms. The number of aromatic nitrogens is 1. The first-order chi connectivity index (χ1) is 9.90. The van der Waals surface area contributed by atoms with E-state index in [0.717, 1.165) is 37.8 Å². The Balaban J connectivity index is 2.20. The zero-order valence-electron chi connectivity index (χ0n) is 11.4. The molecule has 0 unspecified atom stereocenters. The lowest BCUT2D eigenvalue weighted by Gasteiger charge is -2.27. The summed E-state index contributed by atoms with van der Waals surface area (Å²) >= 11 is 0. The number of alkyl halides is 3. The molecule has 1 aliphatic carbocycles. The van der Waals surface area contributed by atoms with Crippen LogP contribution in [0.15, 0.2) is 12.1 Å². The molecule has 1 saturated carbocycles. The molecule has 1 aliphatic rings. The molecule has 21 heavy (non-hydrogen) atoms. The molecule has 1 heterocycles. The lowest BCUT2D eigenvalue weighted by atomic mass is 9.87. The predicted octanol–water partition coefficient (Wildman–Crippen LogP) is 2.94. The minimum absolute atomic E-state index is 0.0269. The summed E-state index contributed by atoms with van der Waals surface area (Å²) in [4.78, 5) is 3.50. The van der Waals surface area contributed by atoms with Crippen molar-refractivity contribution < 1.29 is 18.3 Å². The van der Waals surface area contributed by atoms with Gasteiger partial charge < -0.3 is 10.4 Å². The number of aliphatic hydroxyl groups excluding tert-OH is 1. The number of nitriles is 1. The Morgan fingerprint density at radius 3 is 2.52 bits per heavy atom. The van der Waals surface area contributed by atoms with Crippen LogP contribution in [0.5, 0.6) is 0 Å². The maximum Gasteiger partial charge on any atom is 0.433 e. The summed E-state index contributed by atoms with van der Waals surface area (Å²) in [5.41, 5.74) is -1.30. The predicted molar refractivity (Wildman–Crippen MR) is 70.4 cm³/mol. The number of aliphatic hydroxyl groups is 1. The number of halogens is 3. The van der Waals surface area contributed by atoms with E-state index in [4.69, 9.17) is 5.26 Å². The van der Waals surface area contributed by atoms with Gasteiger partial charge in [0, 0.05) is 12.0 Å². The maximum absolute atomic E-state index is 12.7. The standard InChI is InChI=1S/C14H16F3N3O/c15-14(16,17)11-4-3-10(7-18)12(20-11)19-8-13(9-21)5-1-2-6-13/h3-4,21H,1-2,5-6,8-9H2,(H,19,20). The third-order valence-corrected chi connectivity index (χ3v) is 3.94. The molecule has 0 aromatic carbocycles. The molecule has 0 aliphatic heterocycles. The summed E-state index contributed by atoms with van der Waals surface area (Å²) < 4.78 is 38.0. The minimum Gasteiger partial charge on any atom is -0.396 e. The van der Waals surface area contributed by atoms with Crippen molar-refractivity contribution in [2.75, 3.05) is 18.5 Å². The van der Waals surface area contributed by atoms with E-state index in [-0.39, 0.29) is 23.4 Å². The highest BCUT2D eigenvalue weighted by Gasteiger charge is 2.35. The highest BCUT2D eigenvalue weighted by atomic mass is 19.4. The normalized spacial score (nSPS) is 17.5. The highest BCUT2D eigenvalue weighted by Crippen LogP contribution is 2.38. The van der Waals surface area contributed by atoms with Crippen molar-refractivity contribution in [3.63, 3.8) is 0 Å². The summed E-state index contributed by atoms with van der Waals surface area (Å²) in [6, 6.07) is 3.73. The van der Waals surface area contributed by atoms with Crippen molar-refractivity contribution in [1.29, 1.82) is 5.26 Å². The van der Waals surface area contributed by atoms with Gasteiger partial charge in [0.2, 0.25) is 0 Å². The third kappa shape index (κ3) is 3.45. The van der Waals surface area contributed by atoms with Crippen LogP contribution in [0.1, 0.15) is 36.9 Å². The van der Waals surface area contributed by atoms with Gasteiger partial charge in [-0.1, -0.05) is 12.8 Å². The van der Waals surface area contributed by atoms with Crippen LogP contribution in [0.3, 0.4) is 0 Å². The quantitative estimate of drug-likeness (QED) is 0.897. The smallest absolute Gasteiger partial charge is 0.396 e. The zero-order valence-corrected chi connectivity index (χ0v) is 11.4. The van der Waals surface area contributed by atoms with Gasteiger partial charge in [-0.05, 0) is 25.0 Å². The Morgan fingerprint density at radius 2 is 2.00 bits per heavy atom. The van der Waals surface area contributed by atoms with Gasteiger partial charge in [-0.3, -0.25) is 0 Å². The zero-order chi connectivity index (χ0) is 15.5. The van der Waals surface area contributed by atoms with Crippen LogP contribution in [0.4, 0.5) is 19.0 Å². The molecular weight excluding hydrogens is 283 g/mol. The van der Waals surface area contributed by atoms with Gasteiger partial charge in [0.15, 0.2) is 0 Å². The van der Waals surface area contributed by atoms with E-state index in [1.807, 2.05) is 6.07 Å². The van der Waals surface area contributed by atoms with E-state index in [0.29, 0.717) is 6.54 Å². The largest absolute Gasteiger partial charge is 0.433 e. The summed E-state index contributed by atoms with van der Waals surface area (Å²) in [6.07, 6.45) is -0.937. The molecule has 1 aromatic rings. The van der Waals surface area contributed by atoms with Crippen LogP contribution in [-0.4, -0.2) is 23.2 Å². The maximum atomic E-state index is 12.7. The number of anilines is 1. The molecule has 0 atom stereocenters. The molecule has 0 radical (unpaired) electrons. The molecule has 2 N–H and O–H groups in total. The molecule has 2 rings (SSSR count). The monoisotopic (exact) mass is 299 g/mol. The first-order valence-electron chi connectivity index (χ1n) is 6.73. The summed E-state index contributed by atoms with van der Waals surface area (Å²) in [6.45, 7) is 0.285. The summed E-state index contributed by atoms with van der Waals surface area (Å²) in [5.74, 6) is -0.0768. The topological polar surface area (TPSA) is 68.9 Å². The van der Waals surface area contributed by atoms with Gasteiger partial charge in [-0.15, -0.1) is 0 Å². The Kier molecular flexibility index (Phi) is 4.37. The van der Waals surface area contributed by atoms with Crippen molar-refractivity contribution in [2.45, 2.75) is 31.9 Å². The van der Waals surface area contributed by atoms with Crippen LogP contribution in [0, 0.1) is 16.7 Å². The molecule has 0 amide bonds. The van der Waals surface area contributed by atoms with Crippen molar-refractivity contribution in [3.05, 3.63) is 23.4 Å². The Morgan fingerprint density at radius 1 is 1.33 bits per heavy atom. The summed E-state index contributed by atoms with van der Waals surface area (Å²) in [7, 11) is 0. The second-order valence-corrected chi connectivity index (χ2v) is 5.42.